The number of fused-ring (bicyclic) bond motifs is 1. The number of benzene rings is 3. The molecule has 0 radical (unpaired) electrons. The average molecular weight is 652 g/mol. The summed E-state index contributed by atoms with van der Waals surface area (Å²) in [5.74, 6) is -0.0789. The molecule has 2 saturated heterocycles. The molecule has 2 aliphatic heterocycles. The van der Waals surface area contributed by atoms with Crippen LogP contribution in [0.1, 0.15) is 50.0 Å². The largest absolute Gasteiger partial charge is 0.452 e. The highest BCUT2D eigenvalue weighted by Crippen LogP contribution is 2.40. The van der Waals surface area contributed by atoms with Crippen molar-refractivity contribution < 1.29 is 41.6 Å². The van der Waals surface area contributed by atoms with E-state index in [0.717, 1.165) is 15.4 Å². The summed E-state index contributed by atoms with van der Waals surface area (Å²) in [6.07, 6.45) is -1.48. The second kappa shape index (κ2) is 14.6. The molecule has 3 aromatic rings. The van der Waals surface area contributed by atoms with Gasteiger partial charge in [0, 0.05) is 11.5 Å². The molecule has 246 valence electrons. The van der Waals surface area contributed by atoms with Gasteiger partial charge in [0.15, 0.2) is 12.6 Å². The third-order valence-corrected chi connectivity index (χ3v) is 10.8. The topological polar surface area (TPSA) is 110 Å². The SMILES string of the molecule is COC(=O)N(C1CCC(O[C@@H]2OC3COC(c4ccccc4)O[C@H]3[C@H](C)C2OCc2ccccc2)CC1)S(=O)(=O)c1ccccc1. The minimum absolute atomic E-state index is 0.0442. The molecule has 0 bridgehead atoms. The second-order valence-corrected chi connectivity index (χ2v) is 13.8. The highest BCUT2D eigenvalue weighted by Gasteiger charge is 2.50. The summed E-state index contributed by atoms with van der Waals surface area (Å²) in [6, 6.07) is 27.2. The maximum absolute atomic E-state index is 13.5. The van der Waals surface area contributed by atoms with Crippen molar-refractivity contribution in [2.24, 2.45) is 5.92 Å². The summed E-state index contributed by atoms with van der Waals surface area (Å²) in [4.78, 5) is 12.8. The van der Waals surface area contributed by atoms with Gasteiger partial charge >= 0.3 is 6.09 Å². The first-order valence-corrected chi connectivity index (χ1v) is 17.2. The van der Waals surface area contributed by atoms with Gasteiger partial charge in [-0.2, -0.15) is 4.31 Å². The van der Waals surface area contributed by atoms with E-state index >= 15 is 0 Å². The molecule has 1 aliphatic carbocycles. The van der Waals surface area contributed by atoms with Gasteiger partial charge in [-0.15, -0.1) is 0 Å². The highest BCUT2D eigenvalue weighted by atomic mass is 32.2. The van der Waals surface area contributed by atoms with Gasteiger partial charge in [0.25, 0.3) is 10.0 Å². The van der Waals surface area contributed by atoms with Gasteiger partial charge in [0.1, 0.15) is 12.2 Å². The van der Waals surface area contributed by atoms with Crippen molar-refractivity contribution in [1.82, 2.24) is 4.31 Å². The Morgan fingerprint density at radius 3 is 2.15 bits per heavy atom. The molecule has 3 aromatic carbocycles. The molecule has 46 heavy (non-hydrogen) atoms. The van der Waals surface area contributed by atoms with Gasteiger partial charge in [-0.3, -0.25) is 0 Å². The fourth-order valence-corrected chi connectivity index (χ4v) is 8.15. The van der Waals surface area contributed by atoms with Crippen LogP contribution >= 0.6 is 0 Å². The number of hydrogen-bond donors (Lipinski definition) is 0. The van der Waals surface area contributed by atoms with E-state index in [1.54, 1.807) is 18.2 Å². The van der Waals surface area contributed by atoms with Crippen LogP contribution in [0.2, 0.25) is 0 Å². The standard InChI is InChI=1S/C35H41NO9S/c1-24-31-30(23-42-33(45-31)26-14-8-4-9-15-26)44-34(32(24)41-22-25-12-6-3-7-13-25)43-28-20-18-27(19-21-28)36(35(37)40-2)46(38,39)29-16-10-5-11-17-29/h3-17,24,27-28,30-34H,18-23H2,1-2H3/t24-,27?,28?,30?,31-,32?,33?,34+/m0/s1. The van der Waals surface area contributed by atoms with Crippen LogP contribution in [0.4, 0.5) is 4.79 Å². The quantitative estimate of drug-likeness (QED) is 0.282. The molecule has 3 unspecified atom stereocenters. The van der Waals surface area contributed by atoms with Crippen molar-refractivity contribution in [2.45, 2.75) is 87.1 Å². The van der Waals surface area contributed by atoms with Crippen molar-refractivity contribution in [3.05, 3.63) is 102 Å². The van der Waals surface area contributed by atoms with Gasteiger partial charge in [0.2, 0.25) is 0 Å². The number of hydrogen-bond acceptors (Lipinski definition) is 9. The van der Waals surface area contributed by atoms with Crippen LogP contribution in [0.15, 0.2) is 95.9 Å². The Labute approximate surface area is 270 Å². The number of nitrogens with zero attached hydrogens (tertiary/aromatic N) is 1. The van der Waals surface area contributed by atoms with E-state index in [4.69, 9.17) is 28.4 Å². The lowest BCUT2D eigenvalue weighted by Crippen LogP contribution is -2.60. The molecule has 0 N–H and O–H groups in total. The molecule has 0 aromatic heterocycles. The molecular formula is C35H41NO9S. The summed E-state index contributed by atoms with van der Waals surface area (Å²) in [5.41, 5.74) is 1.98. The smallest absolute Gasteiger partial charge is 0.423 e. The van der Waals surface area contributed by atoms with E-state index in [-0.39, 0.29) is 29.1 Å². The van der Waals surface area contributed by atoms with Crippen molar-refractivity contribution >= 4 is 16.1 Å². The Bertz CT molecular complexity index is 1520. The Kier molecular flexibility index (Phi) is 10.4. The summed E-state index contributed by atoms with van der Waals surface area (Å²) in [5, 5.41) is 0. The lowest BCUT2D eigenvalue weighted by atomic mass is 9.89. The van der Waals surface area contributed by atoms with Crippen LogP contribution in [0.5, 0.6) is 0 Å². The van der Waals surface area contributed by atoms with Crippen molar-refractivity contribution in [3.63, 3.8) is 0 Å². The molecule has 11 heteroatoms. The maximum Gasteiger partial charge on any atom is 0.423 e. The zero-order valence-corrected chi connectivity index (χ0v) is 26.9. The van der Waals surface area contributed by atoms with E-state index in [0.29, 0.717) is 38.9 Å². The van der Waals surface area contributed by atoms with Gasteiger partial charge in [-0.1, -0.05) is 85.8 Å². The number of rotatable bonds is 9. The Morgan fingerprint density at radius 1 is 0.870 bits per heavy atom. The fourth-order valence-electron chi connectivity index (χ4n) is 6.55. The summed E-state index contributed by atoms with van der Waals surface area (Å²) < 4.78 is 64.9. The third kappa shape index (κ3) is 7.15. The molecule has 10 nitrogen and oxygen atoms in total. The highest BCUT2D eigenvalue weighted by molar-refractivity contribution is 7.89. The molecule has 3 aliphatic rings. The zero-order chi connectivity index (χ0) is 32.1. The molecule has 1 amide bonds. The van der Waals surface area contributed by atoms with Crippen molar-refractivity contribution in [2.75, 3.05) is 13.7 Å². The molecule has 2 heterocycles. The van der Waals surface area contributed by atoms with Crippen molar-refractivity contribution in [3.8, 4) is 0 Å². The lowest BCUT2D eigenvalue weighted by Gasteiger charge is -2.49. The normalized spacial score (nSPS) is 29.8. The predicted molar refractivity (Wildman–Crippen MR) is 168 cm³/mol. The van der Waals surface area contributed by atoms with Crippen LogP contribution in [-0.2, 0) is 45.1 Å². The van der Waals surface area contributed by atoms with Gasteiger partial charge in [-0.25, -0.2) is 13.2 Å². The lowest BCUT2D eigenvalue weighted by molar-refractivity contribution is -0.363. The Balaban J connectivity index is 1.15. The van der Waals surface area contributed by atoms with E-state index in [2.05, 4.69) is 6.92 Å². The minimum atomic E-state index is -4.10. The molecule has 3 fully saturated rings. The van der Waals surface area contributed by atoms with Crippen molar-refractivity contribution in [1.29, 1.82) is 0 Å². The van der Waals surface area contributed by atoms with Crippen LogP contribution in [0, 0.1) is 5.92 Å². The number of ether oxygens (including phenoxy) is 6. The monoisotopic (exact) mass is 651 g/mol. The predicted octanol–water partition coefficient (Wildman–Crippen LogP) is 5.83. The average Bonchev–Trinajstić information content (AvgIpc) is 3.10. The molecular weight excluding hydrogens is 610 g/mol. The van der Waals surface area contributed by atoms with Gasteiger partial charge in [-0.05, 0) is 43.4 Å². The number of amides is 1. The first kappa shape index (κ1) is 32.6. The number of carbonyl (C=O) groups excluding carboxylic acids is 1. The summed E-state index contributed by atoms with van der Waals surface area (Å²) in [7, 11) is -2.91. The van der Waals surface area contributed by atoms with E-state index < -0.39 is 40.8 Å². The Morgan fingerprint density at radius 2 is 1.50 bits per heavy atom. The first-order valence-electron chi connectivity index (χ1n) is 15.8. The molecule has 6 atom stereocenters. The molecule has 6 rings (SSSR count). The van der Waals surface area contributed by atoms with E-state index in [9.17, 15) is 13.2 Å². The van der Waals surface area contributed by atoms with Crippen LogP contribution in [-0.4, -0.2) is 69.3 Å². The first-order chi connectivity index (χ1) is 22.3. The summed E-state index contributed by atoms with van der Waals surface area (Å²) >= 11 is 0. The van der Waals surface area contributed by atoms with Crippen LogP contribution < -0.4 is 0 Å². The molecule has 1 saturated carbocycles. The third-order valence-electron chi connectivity index (χ3n) is 8.99. The number of carbonyl (C=O) groups is 1. The summed E-state index contributed by atoms with van der Waals surface area (Å²) in [6.45, 7) is 2.82. The minimum Gasteiger partial charge on any atom is -0.452 e. The van der Waals surface area contributed by atoms with Crippen LogP contribution in [0.3, 0.4) is 0 Å². The van der Waals surface area contributed by atoms with E-state index in [1.165, 1.54) is 19.2 Å². The van der Waals surface area contributed by atoms with Crippen LogP contribution in [0.25, 0.3) is 0 Å². The molecule has 0 spiro atoms. The second-order valence-electron chi connectivity index (χ2n) is 12.0. The van der Waals surface area contributed by atoms with E-state index in [1.807, 2.05) is 60.7 Å². The van der Waals surface area contributed by atoms with Gasteiger partial charge < -0.3 is 28.4 Å². The maximum atomic E-state index is 13.5. The zero-order valence-electron chi connectivity index (χ0n) is 26.1. The number of sulfonamides is 1. The van der Waals surface area contributed by atoms with Gasteiger partial charge in [0.05, 0.1) is 43.5 Å². The fraction of sp³-hybridized carbons (Fsp3) is 0.457. The number of methoxy groups -OCH3 is 1. The Hall–Kier alpha value is -3.32.